The molecular formula is C40H58IO2P. The lowest BCUT2D eigenvalue weighted by molar-refractivity contribution is -0.147. The van der Waals surface area contributed by atoms with Crippen molar-refractivity contribution in [3.05, 3.63) is 91.0 Å². The lowest BCUT2D eigenvalue weighted by Crippen LogP contribution is -3.00. The first kappa shape index (κ1) is 37.2. The molecule has 3 aromatic carbocycles. The average molecular weight is 729 g/mol. The molecule has 44 heavy (non-hydrogen) atoms. The van der Waals surface area contributed by atoms with E-state index in [1.165, 1.54) is 93.0 Å². The maximum atomic E-state index is 6.54. The summed E-state index contributed by atoms with van der Waals surface area (Å²) in [6, 6.07) is 33.7. The first-order valence-electron chi connectivity index (χ1n) is 17.5. The fourth-order valence-corrected chi connectivity index (χ4v) is 11.4. The predicted molar refractivity (Wildman–Crippen MR) is 189 cm³/mol. The molecule has 0 radical (unpaired) electrons. The van der Waals surface area contributed by atoms with Gasteiger partial charge in [-0.1, -0.05) is 139 Å². The number of halogens is 1. The Morgan fingerprint density at radius 1 is 0.500 bits per heavy atom. The van der Waals surface area contributed by atoms with E-state index in [0.29, 0.717) is 0 Å². The summed E-state index contributed by atoms with van der Waals surface area (Å²) in [5, 5.41) is 4.39. The van der Waals surface area contributed by atoms with Gasteiger partial charge in [-0.2, -0.15) is 0 Å². The van der Waals surface area contributed by atoms with E-state index in [2.05, 4.69) is 112 Å². The second kappa shape index (κ2) is 20.1. The molecule has 0 N–H and O–H groups in total. The molecule has 1 aliphatic rings. The third kappa shape index (κ3) is 11.2. The van der Waals surface area contributed by atoms with Crippen molar-refractivity contribution < 1.29 is 33.5 Å². The maximum Gasteiger partial charge on any atom is 0.163 e. The minimum Gasteiger partial charge on any atom is -1.00 e. The Hall–Kier alpha value is -1.26. The molecule has 1 heterocycles. The van der Waals surface area contributed by atoms with Crippen LogP contribution in [0.25, 0.3) is 0 Å². The van der Waals surface area contributed by atoms with Gasteiger partial charge in [0.1, 0.15) is 23.2 Å². The van der Waals surface area contributed by atoms with E-state index in [0.717, 1.165) is 25.4 Å². The average Bonchev–Trinajstić information content (AvgIpc) is 3.34. The third-order valence-electron chi connectivity index (χ3n) is 9.20. The van der Waals surface area contributed by atoms with Gasteiger partial charge in [0.05, 0.1) is 18.4 Å². The SMILES string of the molecule is CCCCCCCCCCCCCC[C@H]1OC(C)(C)O[C@@H]1CCC[P+](c1ccccc1)(c1ccccc1)c1ccccc1.[I-]. The van der Waals surface area contributed by atoms with Crippen molar-refractivity contribution >= 4 is 23.2 Å². The van der Waals surface area contributed by atoms with Crippen LogP contribution in [0.5, 0.6) is 0 Å². The molecule has 1 fully saturated rings. The fraction of sp³-hybridized carbons (Fsp3) is 0.550. The molecule has 0 bridgehead atoms. The smallest absolute Gasteiger partial charge is 0.163 e. The lowest BCUT2D eigenvalue weighted by Gasteiger charge is -2.28. The summed E-state index contributed by atoms with van der Waals surface area (Å²) in [6.45, 7) is 6.48. The molecule has 0 unspecified atom stereocenters. The van der Waals surface area contributed by atoms with Gasteiger partial charge in [-0.15, -0.1) is 0 Å². The van der Waals surface area contributed by atoms with Crippen molar-refractivity contribution in [1.29, 1.82) is 0 Å². The van der Waals surface area contributed by atoms with Crippen LogP contribution in [0.4, 0.5) is 0 Å². The first-order chi connectivity index (χ1) is 21.0. The van der Waals surface area contributed by atoms with Crippen LogP contribution in [0, 0.1) is 0 Å². The summed E-state index contributed by atoms with van der Waals surface area (Å²) in [6.07, 6.45) is 21.4. The van der Waals surface area contributed by atoms with E-state index in [-0.39, 0.29) is 36.2 Å². The highest BCUT2D eigenvalue weighted by Gasteiger charge is 2.46. The third-order valence-corrected chi connectivity index (χ3v) is 13.7. The molecule has 0 aromatic heterocycles. The van der Waals surface area contributed by atoms with Crippen LogP contribution in [-0.2, 0) is 9.47 Å². The number of hydrogen-bond donors (Lipinski definition) is 0. The summed E-state index contributed by atoms with van der Waals surface area (Å²) in [4.78, 5) is 0. The molecule has 4 heteroatoms. The maximum absolute atomic E-state index is 6.54. The van der Waals surface area contributed by atoms with Crippen LogP contribution in [0.2, 0.25) is 0 Å². The van der Waals surface area contributed by atoms with E-state index < -0.39 is 13.0 Å². The van der Waals surface area contributed by atoms with Crippen molar-refractivity contribution in [2.75, 3.05) is 6.16 Å². The highest BCUT2D eigenvalue weighted by molar-refractivity contribution is 7.95. The Bertz CT molecular complexity index is 1040. The molecule has 4 rings (SSSR count). The molecule has 1 saturated heterocycles. The highest BCUT2D eigenvalue weighted by Crippen LogP contribution is 2.56. The van der Waals surface area contributed by atoms with Crippen molar-refractivity contribution in [2.45, 2.75) is 135 Å². The van der Waals surface area contributed by atoms with Crippen LogP contribution in [0.15, 0.2) is 91.0 Å². The molecule has 242 valence electrons. The van der Waals surface area contributed by atoms with Gasteiger partial charge in [-0.05, 0) is 69.5 Å². The summed E-state index contributed by atoms with van der Waals surface area (Å²) in [7, 11) is -1.81. The van der Waals surface area contributed by atoms with Gasteiger partial charge in [0, 0.05) is 0 Å². The predicted octanol–water partition coefficient (Wildman–Crippen LogP) is 7.38. The molecule has 0 spiro atoms. The standard InChI is InChI=1S/C40H58O2P.HI/c1-4-5-6-7-8-9-10-11-12-13-14-24-32-38-39(42-40(2,3)41-38)33-25-34-43(35-26-18-15-19-27-35,36-28-20-16-21-29-36)37-30-22-17-23-31-37;/h15-23,26-31,38-39H,4-14,24-25,32-34H2,1-3H3;1H/q+1;/p-1/t38-,39-;/m1./s1. The number of unbranched alkanes of at least 4 members (excludes halogenated alkanes) is 11. The molecule has 0 amide bonds. The Morgan fingerprint density at radius 2 is 0.841 bits per heavy atom. The van der Waals surface area contributed by atoms with Gasteiger partial charge in [-0.3, -0.25) is 0 Å². The molecule has 2 nitrogen and oxygen atoms in total. The Balaban J connectivity index is 0.00000529. The van der Waals surface area contributed by atoms with E-state index in [9.17, 15) is 0 Å². The van der Waals surface area contributed by atoms with Crippen LogP contribution in [0.1, 0.15) is 117 Å². The monoisotopic (exact) mass is 728 g/mol. The van der Waals surface area contributed by atoms with Crippen molar-refractivity contribution in [2.24, 2.45) is 0 Å². The fourth-order valence-electron chi connectivity index (χ4n) is 7.00. The highest BCUT2D eigenvalue weighted by atomic mass is 127. The van der Waals surface area contributed by atoms with Crippen molar-refractivity contribution in [3.8, 4) is 0 Å². The number of rotatable bonds is 20. The van der Waals surface area contributed by atoms with E-state index in [1.54, 1.807) is 0 Å². The van der Waals surface area contributed by atoms with Crippen LogP contribution >= 0.6 is 7.26 Å². The summed E-state index contributed by atoms with van der Waals surface area (Å²) < 4.78 is 13.0. The minimum atomic E-state index is -1.81. The molecule has 1 aliphatic heterocycles. The Kier molecular flexibility index (Phi) is 17.0. The molecular weight excluding hydrogens is 670 g/mol. The van der Waals surface area contributed by atoms with Gasteiger partial charge < -0.3 is 33.5 Å². The van der Waals surface area contributed by atoms with E-state index >= 15 is 0 Å². The van der Waals surface area contributed by atoms with Crippen LogP contribution in [-0.4, -0.2) is 24.2 Å². The van der Waals surface area contributed by atoms with E-state index in [4.69, 9.17) is 9.47 Å². The van der Waals surface area contributed by atoms with Crippen molar-refractivity contribution in [1.82, 2.24) is 0 Å². The number of benzene rings is 3. The largest absolute Gasteiger partial charge is 1.00 e. The van der Waals surface area contributed by atoms with Gasteiger partial charge in [0.2, 0.25) is 0 Å². The van der Waals surface area contributed by atoms with Gasteiger partial charge in [0.15, 0.2) is 5.79 Å². The van der Waals surface area contributed by atoms with E-state index in [1.807, 2.05) is 0 Å². The van der Waals surface area contributed by atoms with Crippen LogP contribution < -0.4 is 39.9 Å². The summed E-state index contributed by atoms with van der Waals surface area (Å²) >= 11 is 0. The molecule has 0 aliphatic carbocycles. The quantitative estimate of drug-likeness (QED) is 0.0688. The second-order valence-electron chi connectivity index (χ2n) is 13.1. The zero-order valence-corrected chi connectivity index (χ0v) is 30.8. The molecule has 0 saturated carbocycles. The van der Waals surface area contributed by atoms with Gasteiger partial charge >= 0.3 is 0 Å². The zero-order valence-electron chi connectivity index (χ0n) is 27.8. The zero-order chi connectivity index (χ0) is 30.2. The molecule has 3 aromatic rings. The van der Waals surface area contributed by atoms with Crippen LogP contribution in [0.3, 0.4) is 0 Å². The molecule has 2 atom stereocenters. The lowest BCUT2D eigenvalue weighted by atomic mass is 10.0. The number of hydrogen-bond acceptors (Lipinski definition) is 2. The second-order valence-corrected chi connectivity index (χ2v) is 16.7. The summed E-state index contributed by atoms with van der Waals surface area (Å²) in [5.74, 6) is -0.489. The summed E-state index contributed by atoms with van der Waals surface area (Å²) in [5.41, 5.74) is 0. The normalized spacial score (nSPS) is 17.8. The van der Waals surface area contributed by atoms with Gasteiger partial charge in [-0.25, -0.2) is 0 Å². The van der Waals surface area contributed by atoms with Crippen molar-refractivity contribution in [3.63, 3.8) is 0 Å². The van der Waals surface area contributed by atoms with Gasteiger partial charge in [0.25, 0.3) is 0 Å². The minimum absolute atomic E-state index is 0. The number of ether oxygens (including phenoxy) is 2. The Morgan fingerprint density at radius 3 is 1.23 bits per heavy atom. The topological polar surface area (TPSA) is 18.5 Å². The first-order valence-corrected chi connectivity index (χ1v) is 19.4. The Labute approximate surface area is 287 Å².